The number of methoxy groups -OCH3 is 1. The molecule has 0 amide bonds. The predicted molar refractivity (Wildman–Crippen MR) is 55.5 cm³/mol. The van der Waals surface area contributed by atoms with Crippen LogP contribution in [0.5, 0.6) is 0 Å². The third-order valence-corrected chi connectivity index (χ3v) is 3.39. The van der Waals surface area contributed by atoms with Crippen LogP contribution in [0, 0.1) is 5.92 Å². The third kappa shape index (κ3) is 2.49. The van der Waals surface area contributed by atoms with Crippen molar-refractivity contribution >= 4 is 5.97 Å². The summed E-state index contributed by atoms with van der Waals surface area (Å²) in [7, 11) is 1.44. The molecule has 0 bridgehead atoms. The Bertz CT molecular complexity index is 226. The van der Waals surface area contributed by atoms with Gasteiger partial charge in [0.25, 0.3) is 0 Å². The molecule has 4 heteroatoms. The fourth-order valence-electron chi connectivity index (χ4n) is 2.51. The minimum absolute atomic E-state index is 0.120. The number of esters is 1. The molecule has 15 heavy (non-hydrogen) atoms. The fraction of sp³-hybridized carbons (Fsp3) is 0.909. The molecule has 0 radical (unpaired) electrons. The highest BCUT2D eigenvalue weighted by molar-refractivity contribution is 5.76. The average molecular weight is 213 g/mol. The van der Waals surface area contributed by atoms with Crippen LogP contribution in [-0.4, -0.2) is 38.4 Å². The summed E-state index contributed by atoms with van der Waals surface area (Å²) in [6, 6.07) is -0.120. The molecule has 0 aromatic carbocycles. The summed E-state index contributed by atoms with van der Waals surface area (Å²) in [5.74, 6) is 0.336. The molecule has 2 heterocycles. The highest BCUT2D eigenvalue weighted by atomic mass is 16.5. The van der Waals surface area contributed by atoms with E-state index in [1.54, 1.807) is 0 Å². The van der Waals surface area contributed by atoms with E-state index in [2.05, 4.69) is 5.32 Å². The summed E-state index contributed by atoms with van der Waals surface area (Å²) in [6.45, 7) is 1.76. The molecule has 0 aromatic rings. The van der Waals surface area contributed by atoms with Gasteiger partial charge in [-0.15, -0.1) is 0 Å². The molecule has 0 aliphatic carbocycles. The van der Waals surface area contributed by atoms with Gasteiger partial charge in [0.05, 0.1) is 13.2 Å². The first-order valence-corrected chi connectivity index (χ1v) is 5.74. The van der Waals surface area contributed by atoms with E-state index in [4.69, 9.17) is 9.47 Å². The Labute approximate surface area is 90.3 Å². The van der Waals surface area contributed by atoms with Gasteiger partial charge < -0.3 is 14.8 Å². The summed E-state index contributed by atoms with van der Waals surface area (Å²) in [5.41, 5.74) is 0. The van der Waals surface area contributed by atoms with Crippen LogP contribution in [0.25, 0.3) is 0 Å². The van der Waals surface area contributed by atoms with Gasteiger partial charge in [0.1, 0.15) is 6.04 Å². The second-order valence-electron chi connectivity index (χ2n) is 4.38. The Morgan fingerprint density at radius 1 is 1.47 bits per heavy atom. The van der Waals surface area contributed by atoms with Crippen molar-refractivity contribution in [1.29, 1.82) is 0 Å². The van der Waals surface area contributed by atoms with E-state index < -0.39 is 0 Å². The largest absolute Gasteiger partial charge is 0.468 e. The number of hydrogen-bond acceptors (Lipinski definition) is 4. The molecular formula is C11H19NO3. The zero-order chi connectivity index (χ0) is 10.7. The van der Waals surface area contributed by atoms with Crippen molar-refractivity contribution in [2.45, 2.75) is 37.8 Å². The lowest BCUT2D eigenvalue weighted by molar-refractivity contribution is -0.142. The van der Waals surface area contributed by atoms with Crippen LogP contribution in [0.2, 0.25) is 0 Å². The molecule has 2 saturated heterocycles. The quantitative estimate of drug-likeness (QED) is 0.686. The maximum Gasteiger partial charge on any atom is 0.322 e. The molecule has 1 N–H and O–H groups in total. The molecule has 0 aromatic heterocycles. The number of carbonyl (C=O) groups is 1. The average Bonchev–Trinajstić information content (AvgIpc) is 2.78. The first kappa shape index (κ1) is 10.9. The zero-order valence-electron chi connectivity index (χ0n) is 9.20. The highest BCUT2D eigenvalue weighted by Crippen LogP contribution is 2.26. The Kier molecular flexibility index (Phi) is 3.59. The summed E-state index contributed by atoms with van der Waals surface area (Å²) in [4.78, 5) is 11.3. The van der Waals surface area contributed by atoms with E-state index in [0.717, 1.165) is 26.0 Å². The van der Waals surface area contributed by atoms with Crippen LogP contribution in [-0.2, 0) is 14.3 Å². The van der Waals surface area contributed by atoms with Gasteiger partial charge in [-0.3, -0.25) is 4.79 Å². The monoisotopic (exact) mass is 213 g/mol. The first-order chi connectivity index (χ1) is 7.31. The number of hydrogen-bond donors (Lipinski definition) is 1. The summed E-state index contributed by atoms with van der Waals surface area (Å²) in [5, 5.41) is 3.20. The summed E-state index contributed by atoms with van der Waals surface area (Å²) in [6.07, 6.45) is 4.78. The Hall–Kier alpha value is -0.610. The molecule has 2 aliphatic rings. The molecule has 86 valence electrons. The van der Waals surface area contributed by atoms with Gasteiger partial charge in [-0.25, -0.2) is 0 Å². The SMILES string of the molecule is COC(=O)C1CC(C2CCCCO2)CN1. The Morgan fingerprint density at radius 2 is 2.33 bits per heavy atom. The standard InChI is InChI=1S/C11H19NO3/c1-14-11(13)9-6-8(7-12-9)10-4-2-3-5-15-10/h8-10,12H,2-7H2,1H3. The lowest BCUT2D eigenvalue weighted by Crippen LogP contribution is -2.31. The number of carbonyl (C=O) groups excluding carboxylic acids is 1. The maximum absolute atomic E-state index is 11.3. The van der Waals surface area contributed by atoms with Crippen LogP contribution in [0.4, 0.5) is 0 Å². The van der Waals surface area contributed by atoms with Crippen LogP contribution < -0.4 is 5.32 Å². The lowest BCUT2D eigenvalue weighted by Gasteiger charge is -2.27. The zero-order valence-corrected chi connectivity index (χ0v) is 9.20. The predicted octanol–water partition coefficient (Wildman–Crippen LogP) is 0.707. The maximum atomic E-state index is 11.3. The lowest BCUT2D eigenvalue weighted by atomic mass is 9.93. The van der Waals surface area contributed by atoms with Crippen LogP contribution in [0.3, 0.4) is 0 Å². The van der Waals surface area contributed by atoms with Gasteiger partial charge in [0, 0.05) is 13.2 Å². The Morgan fingerprint density at radius 3 is 3.00 bits per heavy atom. The van der Waals surface area contributed by atoms with E-state index in [-0.39, 0.29) is 12.0 Å². The molecule has 0 saturated carbocycles. The number of nitrogens with one attached hydrogen (secondary N) is 1. The molecule has 2 aliphatic heterocycles. The normalized spacial score (nSPS) is 36.5. The molecule has 3 atom stereocenters. The van der Waals surface area contributed by atoms with E-state index in [1.165, 1.54) is 20.0 Å². The summed E-state index contributed by atoms with van der Waals surface area (Å²) < 4.78 is 10.5. The van der Waals surface area contributed by atoms with Crippen molar-refractivity contribution in [2.75, 3.05) is 20.3 Å². The van der Waals surface area contributed by atoms with Crippen LogP contribution in [0.15, 0.2) is 0 Å². The molecular weight excluding hydrogens is 194 g/mol. The van der Waals surface area contributed by atoms with Gasteiger partial charge in [0.15, 0.2) is 0 Å². The number of ether oxygens (including phenoxy) is 2. The van der Waals surface area contributed by atoms with E-state index in [0.29, 0.717) is 12.0 Å². The van der Waals surface area contributed by atoms with Gasteiger partial charge in [-0.1, -0.05) is 0 Å². The topological polar surface area (TPSA) is 47.6 Å². The van der Waals surface area contributed by atoms with Crippen molar-refractivity contribution in [1.82, 2.24) is 5.32 Å². The van der Waals surface area contributed by atoms with E-state index >= 15 is 0 Å². The van der Waals surface area contributed by atoms with Gasteiger partial charge in [-0.05, 0) is 31.6 Å². The molecule has 2 fully saturated rings. The molecule has 2 rings (SSSR count). The third-order valence-electron chi connectivity index (χ3n) is 3.39. The summed E-state index contributed by atoms with van der Waals surface area (Å²) >= 11 is 0. The second-order valence-corrected chi connectivity index (χ2v) is 4.38. The van der Waals surface area contributed by atoms with Crippen molar-refractivity contribution in [3.63, 3.8) is 0 Å². The Balaban J connectivity index is 1.83. The minimum Gasteiger partial charge on any atom is -0.468 e. The first-order valence-electron chi connectivity index (χ1n) is 5.74. The van der Waals surface area contributed by atoms with Crippen molar-refractivity contribution in [3.05, 3.63) is 0 Å². The number of rotatable bonds is 2. The van der Waals surface area contributed by atoms with Crippen molar-refractivity contribution in [3.8, 4) is 0 Å². The van der Waals surface area contributed by atoms with Crippen LogP contribution in [0.1, 0.15) is 25.7 Å². The minimum atomic E-state index is -0.145. The molecule has 3 unspecified atom stereocenters. The van der Waals surface area contributed by atoms with Gasteiger partial charge in [-0.2, -0.15) is 0 Å². The molecule has 4 nitrogen and oxygen atoms in total. The van der Waals surface area contributed by atoms with Gasteiger partial charge in [0.2, 0.25) is 0 Å². The second kappa shape index (κ2) is 4.94. The smallest absolute Gasteiger partial charge is 0.322 e. The highest BCUT2D eigenvalue weighted by Gasteiger charge is 2.35. The fourth-order valence-corrected chi connectivity index (χ4v) is 2.51. The molecule has 0 spiro atoms. The van der Waals surface area contributed by atoms with Crippen molar-refractivity contribution in [2.24, 2.45) is 5.92 Å². The van der Waals surface area contributed by atoms with Crippen molar-refractivity contribution < 1.29 is 14.3 Å². The van der Waals surface area contributed by atoms with Crippen LogP contribution >= 0.6 is 0 Å². The van der Waals surface area contributed by atoms with E-state index in [9.17, 15) is 4.79 Å². The van der Waals surface area contributed by atoms with E-state index in [1.807, 2.05) is 0 Å². The van der Waals surface area contributed by atoms with Gasteiger partial charge >= 0.3 is 5.97 Å².